The summed E-state index contributed by atoms with van der Waals surface area (Å²) in [5.41, 5.74) is 0.746. The number of thioether (sulfide) groups is 1. The van der Waals surface area contributed by atoms with Gasteiger partial charge in [-0.25, -0.2) is 0 Å². The standard InChI is InChI=1S/C28H28N2O5S/c1-17(16-31)30-23-25(33)29(20-10-9-18-7-3-4-8-19(18)15-20)13-5-12-28(23)21(24(30)32)22-26(34)35-14-6-11-27(22,2)36-28/h3-12,15,17,21-23,31H,13-14,16H2,1-2H3/t17-,21+,22+,23?,27-,28+/m1/s1. The molecule has 1 unspecified atom stereocenters. The van der Waals surface area contributed by atoms with Crippen molar-refractivity contribution in [2.45, 2.75) is 35.4 Å². The number of fused-ring (bicyclic) bond motifs is 3. The number of ether oxygens (including phenoxy) is 1. The summed E-state index contributed by atoms with van der Waals surface area (Å²) < 4.78 is 3.80. The lowest BCUT2D eigenvalue weighted by Gasteiger charge is -2.38. The molecule has 0 aromatic heterocycles. The van der Waals surface area contributed by atoms with E-state index < -0.39 is 39.4 Å². The molecule has 0 bridgehead atoms. The van der Waals surface area contributed by atoms with Gasteiger partial charge in [0.25, 0.3) is 5.91 Å². The number of amides is 2. The highest BCUT2D eigenvalue weighted by Crippen LogP contribution is 2.65. The molecule has 7 nitrogen and oxygen atoms in total. The van der Waals surface area contributed by atoms with Crippen LogP contribution in [0.3, 0.4) is 0 Å². The number of aliphatic hydroxyl groups excluding tert-OH is 1. The Labute approximate surface area is 213 Å². The number of cyclic esters (lactones) is 1. The van der Waals surface area contributed by atoms with Crippen LogP contribution in [-0.2, 0) is 19.1 Å². The quantitative estimate of drug-likeness (QED) is 0.511. The summed E-state index contributed by atoms with van der Waals surface area (Å²) in [7, 11) is 0. The molecule has 8 heteroatoms. The Balaban J connectivity index is 1.50. The summed E-state index contributed by atoms with van der Waals surface area (Å²) >= 11 is 1.50. The van der Waals surface area contributed by atoms with Crippen LogP contribution in [0.5, 0.6) is 0 Å². The van der Waals surface area contributed by atoms with Crippen LogP contribution in [-0.4, -0.2) is 69.1 Å². The lowest BCUT2D eigenvalue weighted by Crippen LogP contribution is -2.56. The molecule has 186 valence electrons. The second kappa shape index (κ2) is 8.21. The van der Waals surface area contributed by atoms with Gasteiger partial charge < -0.3 is 19.6 Å². The van der Waals surface area contributed by atoms with Gasteiger partial charge in [-0.15, -0.1) is 11.8 Å². The average Bonchev–Trinajstić information content (AvgIpc) is 3.14. The highest BCUT2D eigenvalue weighted by atomic mass is 32.2. The van der Waals surface area contributed by atoms with Crippen molar-refractivity contribution in [1.82, 2.24) is 4.90 Å². The maximum Gasteiger partial charge on any atom is 0.311 e. The van der Waals surface area contributed by atoms with E-state index in [1.54, 1.807) is 11.8 Å². The van der Waals surface area contributed by atoms with Crippen molar-refractivity contribution in [1.29, 1.82) is 0 Å². The van der Waals surface area contributed by atoms with Crippen LogP contribution in [0, 0.1) is 11.8 Å². The van der Waals surface area contributed by atoms with Gasteiger partial charge in [0.05, 0.1) is 29.2 Å². The number of carbonyl (C=O) groups is 3. The zero-order valence-corrected chi connectivity index (χ0v) is 21.0. The molecule has 0 saturated carbocycles. The summed E-state index contributed by atoms with van der Waals surface area (Å²) in [4.78, 5) is 44.8. The minimum Gasteiger partial charge on any atom is -0.461 e. The van der Waals surface area contributed by atoms with Crippen molar-refractivity contribution < 1.29 is 24.2 Å². The van der Waals surface area contributed by atoms with Crippen LogP contribution in [0.2, 0.25) is 0 Å². The average molecular weight is 505 g/mol. The minimum atomic E-state index is -0.955. The first kappa shape index (κ1) is 23.3. The summed E-state index contributed by atoms with van der Waals surface area (Å²) in [5.74, 6) is -2.40. The van der Waals surface area contributed by atoms with Gasteiger partial charge in [-0.05, 0) is 42.8 Å². The minimum absolute atomic E-state index is 0.171. The van der Waals surface area contributed by atoms with Crippen LogP contribution < -0.4 is 4.90 Å². The number of hydrogen-bond acceptors (Lipinski definition) is 6. The predicted molar refractivity (Wildman–Crippen MR) is 138 cm³/mol. The number of carbonyl (C=O) groups excluding carboxylic acids is 3. The second-order valence-electron chi connectivity index (χ2n) is 10.2. The Kier molecular flexibility index (Phi) is 5.32. The number of likely N-dealkylation sites (tertiary alicyclic amines) is 1. The Morgan fingerprint density at radius 1 is 1.06 bits per heavy atom. The molecule has 6 rings (SSSR count). The third-order valence-corrected chi connectivity index (χ3v) is 9.83. The van der Waals surface area contributed by atoms with E-state index in [2.05, 4.69) is 0 Å². The first-order chi connectivity index (χ1) is 17.3. The fourth-order valence-electron chi connectivity index (χ4n) is 6.43. The molecular weight excluding hydrogens is 476 g/mol. The Morgan fingerprint density at radius 2 is 1.83 bits per heavy atom. The summed E-state index contributed by atoms with van der Waals surface area (Å²) in [6, 6.07) is 12.4. The summed E-state index contributed by atoms with van der Waals surface area (Å²) in [6.07, 6.45) is 7.68. The Bertz CT molecular complexity index is 1340. The predicted octanol–water partition coefficient (Wildman–Crippen LogP) is 2.92. The van der Waals surface area contributed by atoms with Crippen molar-refractivity contribution in [3.05, 3.63) is 66.8 Å². The molecule has 1 spiro atoms. The van der Waals surface area contributed by atoms with E-state index in [4.69, 9.17) is 4.74 Å². The zero-order valence-electron chi connectivity index (χ0n) is 20.2. The molecule has 6 atom stereocenters. The second-order valence-corrected chi connectivity index (χ2v) is 12.0. The molecular formula is C28H28N2O5S. The molecule has 4 aliphatic rings. The van der Waals surface area contributed by atoms with Crippen LogP contribution >= 0.6 is 11.8 Å². The number of hydrogen-bond donors (Lipinski definition) is 1. The van der Waals surface area contributed by atoms with Crippen molar-refractivity contribution in [2.24, 2.45) is 11.8 Å². The third kappa shape index (κ3) is 3.13. The fraction of sp³-hybridized carbons (Fsp3) is 0.393. The van der Waals surface area contributed by atoms with Gasteiger partial charge in [0.15, 0.2) is 0 Å². The smallest absolute Gasteiger partial charge is 0.311 e. The largest absolute Gasteiger partial charge is 0.461 e. The third-order valence-electron chi connectivity index (χ3n) is 8.03. The summed E-state index contributed by atoms with van der Waals surface area (Å²) in [6.45, 7) is 3.93. The zero-order chi connectivity index (χ0) is 25.2. The number of benzene rings is 2. The Hall–Kier alpha value is -3.10. The summed E-state index contributed by atoms with van der Waals surface area (Å²) in [5, 5.41) is 12.1. The van der Waals surface area contributed by atoms with E-state index in [1.165, 1.54) is 16.7 Å². The first-order valence-electron chi connectivity index (χ1n) is 12.3. The number of esters is 1. The molecule has 2 saturated heterocycles. The van der Waals surface area contributed by atoms with E-state index in [0.29, 0.717) is 6.54 Å². The molecule has 4 aliphatic heterocycles. The van der Waals surface area contributed by atoms with Crippen molar-refractivity contribution in [3.8, 4) is 0 Å². The Morgan fingerprint density at radius 3 is 2.61 bits per heavy atom. The lowest BCUT2D eigenvalue weighted by molar-refractivity contribution is -0.153. The number of anilines is 1. The molecule has 0 aliphatic carbocycles. The van der Waals surface area contributed by atoms with Crippen molar-refractivity contribution >= 4 is 46.0 Å². The van der Waals surface area contributed by atoms with Crippen LogP contribution in [0.15, 0.2) is 66.8 Å². The number of aliphatic hydroxyl groups is 1. The monoisotopic (exact) mass is 504 g/mol. The fourth-order valence-corrected chi connectivity index (χ4v) is 8.57. The van der Waals surface area contributed by atoms with E-state index in [9.17, 15) is 19.5 Å². The molecule has 36 heavy (non-hydrogen) atoms. The molecule has 4 heterocycles. The van der Waals surface area contributed by atoms with E-state index in [1.807, 2.05) is 73.7 Å². The maximum absolute atomic E-state index is 14.4. The number of rotatable bonds is 3. The molecule has 2 aromatic rings. The molecule has 2 fully saturated rings. The topological polar surface area (TPSA) is 87.2 Å². The van der Waals surface area contributed by atoms with E-state index in [0.717, 1.165) is 16.5 Å². The highest BCUT2D eigenvalue weighted by Gasteiger charge is 2.74. The number of nitrogens with zero attached hydrogens (tertiary/aromatic N) is 2. The van der Waals surface area contributed by atoms with Crippen molar-refractivity contribution in [2.75, 3.05) is 24.7 Å². The normalized spacial score (nSPS) is 34.2. The SMILES string of the molecule is C[C@H](CO)N1C(=O)[C@@H]2[C@H]3C(=O)OCC=C[C@@]3(C)S[C@@]23C=CCN(c2ccc4ccccc4c2)C(=O)C13. The van der Waals surface area contributed by atoms with Crippen LogP contribution in [0.1, 0.15) is 13.8 Å². The molecule has 2 aromatic carbocycles. The lowest BCUT2D eigenvalue weighted by atomic mass is 9.75. The van der Waals surface area contributed by atoms with Gasteiger partial charge in [0, 0.05) is 17.0 Å². The van der Waals surface area contributed by atoms with Crippen LogP contribution in [0.4, 0.5) is 5.69 Å². The van der Waals surface area contributed by atoms with Gasteiger partial charge >= 0.3 is 5.97 Å². The van der Waals surface area contributed by atoms with Crippen LogP contribution in [0.25, 0.3) is 10.8 Å². The molecule has 1 N–H and O–H groups in total. The molecule has 2 amide bonds. The van der Waals surface area contributed by atoms with Gasteiger partial charge in [-0.2, -0.15) is 0 Å². The van der Waals surface area contributed by atoms with Gasteiger partial charge in [-0.1, -0.05) is 48.6 Å². The molecule has 0 radical (unpaired) electrons. The van der Waals surface area contributed by atoms with Gasteiger partial charge in [0.2, 0.25) is 5.91 Å². The van der Waals surface area contributed by atoms with E-state index >= 15 is 0 Å². The first-order valence-corrected chi connectivity index (χ1v) is 13.1. The van der Waals surface area contributed by atoms with Crippen molar-refractivity contribution in [3.63, 3.8) is 0 Å². The highest BCUT2D eigenvalue weighted by molar-refractivity contribution is 8.02. The van der Waals surface area contributed by atoms with Gasteiger partial charge in [0.1, 0.15) is 12.6 Å². The maximum atomic E-state index is 14.4. The van der Waals surface area contributed by atoms with E-state index in [-0.39, 0.29) is 25.0 Å². The van der Waals surface area contributed by atoms with Gasteiger partial charge in [-0.3, -0.25) is 14.4 Å².